The van der Waals surface area contributed by atoms with Crippen LogP contribution in [0.3, 0.4) is 0 Å². The molecule has 3 aromatic rings. The Morgan fingerprint density at radius 2 is 1.86 bits per heavy atom. The molecule has 5 nitrogen and oxygen atoms in total. The normalized spacial score (nSPS) is 10.7. The van der Waals surface area contributed by atoms with E-state index in [0.29, 0.717) is 0 Å². The quantitative estimate of drug-likeness (QED) is 0.578. The lowest BCUT2D eigenvalue weighted by Gasteiger charge is -2.14. The number of carbonyl (C=O) groups is 2. The largest absolute Gasteiger partial charge is 0.369 e. The van der Waals surface area contributed by atoms with Gasteiger partial charge < -0.3 is 16.0 Å². The summed E-state index contributed by atoms with van der Waals surface area (Å²) in [7, 11) is 0. The van der Waals surface area contributed by atoms with Gasteiger partial charge in [-0.1, -0.05) is 29.8 Å². The molecule has 0 saturated carbocycles. The molecule has 0 radical (unpaired) electrons. The monoisotopic (exact) mass is 375 g/mol. The van der Waals surface area contributed by atoms with Crippen LogP contribution in [0, 0.1) is 13.8 Å². The summed E-state index contributed by atoms with van der Waals surface area (Å²) in [6.45, 7) is 7.81. The molecule has 0 bridgehead atoms. The number of hydrogen-bond donors (Lipinski definition) is 3. The number of aromatic nitrogens is 1. The van der Waals surface area contributed by atoms with Crippen LogP contribution in [0.25, 0.3) is 22.0 Å². The van der Waals surface area contributed by atoms with E-state index in [2.05, 4.69) is 10.3 Å². The zero-order valence-corrected chi connectivity index (χ0v) is 16.6. The number of H-pyrrole nitrogens is 1. The predicted octanol–water partition coefficient (Wildman–Crippen LogP) is 4.38. The molecule has 2 aromatic carbocycles. The van der Waals surface area contributed by atoms with E-state index >= 15 is 0 Å². The topological polar surface area (TPSA) is 88.0 Å². The number of aryl methyl sites for hydroxylation is 1. The Labute approximate surface area is 164 Å². The van der Waals surface area contributed by atoms with Crippen LogP contribution in [-0.4, -0.2) is 16.8 Å². The van der Waals surface area contributed by atoms with Crippen molar-refractivity contribution in [1.29, 1.82) is 0 Å². The lowest BCUT2D eigenvalue weighted by Crippen LogP contribution is -2.14. The van der Waals surface area contributed by atoms with Crippen LogP contribution < -0.4 is 11.1 Å². The predicted molar refractivity (Wildman–Crippen MR) is 114 cm³/mol. The number of nitrogens with one attached hydrogen (secondary N) is 2. The van der Waals surface area contributed by atoms with Gasteiger partial charge in [0.05, 0.1) is 11.9 Å². The zero-order valence-electron chi connectivity index (χ0n) is 16.6. The molecule has 4 N–H and O–H groups in total. The Balaban J connectivity index is 2.12. The zero-order chi connectivity index (χ0) is 20.4. The Morgan fingerprint density at radius 1 is 1.11 bits per heavy atom. The molecule has 0 saturated heterocycles. The third kappa shape index (κ3) is 3.83. The molecule has 3 rings (SSSR count). The number of benzene rings is 2. The molecule has 5 heteroatoms. The first-order valence-electron chi connectivity index (χ1n) is 9.21. The minimum atomic E-state index is -0.360. The molecule has 0 aliphatic rings. The average Bonchev–Trinajstić information content (AvgIpc) is 2.99. The van der Waals surface area contributed by atoms with Crippen LogP contribution >= 0.6 is 0 Å². The highest BCUT2D eigenvalue weighted by atomic mass is 16.1. The summed E-state index contributed by atoms with van der Waals surface area (Å²) in [5.41, 5.74) is 13.1. The highest BCUT2D eigenvalue weighted by molar-refractivity contribution is 6.04. The highest BCUT2D eigenvalue weighted by Gasteiger charge is 2.15. The maximum atomic E-state index is 12.2. The fourth-order valence-corrected chi connectivity index (χ4v) is 3.53. The number of nitrogens with two attached hydrogens (primary N) is 1. The van der Waals surface area contributed by atoms with Crippen molar-refractivity contribution in [2.75, 3.05) is 5.32 Å². The van der Waals surface area contributed by atoms with E-state index in [1.54, 1.807) is 6.08 Å². The summed E-state index contributed by atoms with van der Waals surface area (Å²) in [6, 6.07) is 9.84. The third-order valence-electron chi connectivity index (χ3n) is 4.79. The Hall–Kier alpha value is -3.34. The first-order valence-corrected chi connectivity index (χ1v) is 9.21. The summed E-state index contributed by atoms with van der Waals surface area (Å²) in [5, 5.41) is 4.03. The number of hydrogen-bond acceptors (Lipinski definition) is 2. The van der Waals surface area contributed by atoms with E-state index in [1.165, 1.54) is 0 Å². The van der Waals surface area contributed by atoms with Crippen molar-refractivity contribution in [3.8, 4) is 11.1 Å². The third-order valence-corrected chi connectivity index (χ3v) is 4.79. The number of amides is 2. The van der Waals surface area contributed by atoms with Crippen molar-refractivity contribution in [3.05, 3.63) is 64.9 Å². The van der Waals surface area contributed by atoms with Gasteiger partial charge in [0.15, 0.2) is 0 Å². The molecule has 1 heterocycles. The molecule has 0 aliphatic carbocycles. The SMILES string of the molecule is CC(C)=CC(=O)Nc1cccc(-c2ccc(CC(N)=O)c3[nH]cc(C)c23)c1C. The Bertz CT molecular complexity index is 1100. The molecular formula is C23H25N3O2. The summed E-state index contributed by atoms with van der Waals surface area (Å²) in [4.78, 5) is 26.8. The summed E-state index contributed by atoms with van der Waals surface area (Å²) in [5.74, 6) is -0.499. The molecule has 0 fully saturated rings. The van der Waals surface area contributed by atoms with Gasteiger partial charge in [-0.05, 0) is 61.6 Å². The average molecular weight is 375 g/mol. The fourth-order valence-electron chi connectivity index (χ4n) is 3.53. The molecule has 0 aliphatic heterocycles. The second-order valence-electron chi connectivity index (χ2n) is 7.33. The standard InChI is InChI=1S/C23H25N3O2/c1-13(2)10-21(28)26-19-7-5-6-17(15(19)4)18-9-8-16(11-20(24)27)23-22(18)14(3)12-25-23/h5-10,12,25H,11H2,1-4H3,(H2,24,27)(H,26,28). The smallest absolute Gasteiger partial charge is 0.248 e. The van der Waals surface area contributed by atoms with Crippen LogP contribution in [0.5, 0.6) is 0 Å². The maximum Gasteiger partial charge on any atom is 0.248 e. The van der Waals surface area contributed by atoms with E-state index < -0.39 is 0 Å². The summed E-state index contributed by atoms with van der Waals surface area (Å²) >= 11 is 0. The lowest BCUT2D eigenvalue weighted by atomic mass is 9.93. The second-order valence-corrected chi connectivity index (χ2v) is 7.33. The van der Waals surface area contributed by atoms with Gasteiger partial charge in [0.25, 0.3) is 0 Å². The van der Waals surface area contributed by atoms with Gasteiger partial charge in [-0.2, -0.15) is 0 Å². The Kier molecular flexibility index (Phi) is 5.36. The lowest BCUT2D eigenvalue weighted by molar-refractivity contribution is -0.117. The number of primary amides is 1. The molecule has 28 heavy (non-hydrogen) atoms. The first kappa shape index (κ1) is 19.4. The van der Waals surface area contributed by atoms with E-state index in [0.717, 1.165) is 50.0 Å². The van der Waals surface area contributed by atoms with Gasteiger partial charge >= 0.3 is 0 Å². The molecule has 0 spiro atoms. The molecule has 1 aromatic heterocycles. The van der Waals surface area contributed by atoms with Gasteiger partial charge in [0.1, 0.15) is 0 Å². The van der Waals surface area contributed by atoms with Crippen LogP contribution in [0.1, 0.15) is 30.5 Å². The number of rotatable bonds is 5. The highest BCUT2D eigenvalue weighted by Crippen LogP contribution is 2.36. The van der Waals surface area contributed by atoms with Crippen molar-refractivity contribution >= 4 is 28.4 Å². The van der Waals surface area contributed by atoms with Gasteiger partial charge in [0, 0.05) is 23.3 Å². The molecule has 144 valence electrons. The second kappa shape index (κ2) is 7.72. The minimum Gasteiger partial charge on any atom is -0.369 e. The van der Waals surface area contributed by atoms with Gasteiger partial charge in [-0.15, -0.1) is 0 Å². The van der Waals surface area contributed by atoms with Crippen molar-refractivity contribution in [2.45, 2.75) is 34.1 Å². The summed E-state index contributed by atoms with van der Waals surface area (Å²) < 4.78 is 0. The van der Waals surface area contributed by atoms with Crippen LogP contribution in [0.15, 0.2) is 48.2 Å². The van der Waals surface area contributed by atoms with E-state index in [-0.39, 0.29) is 18.2 Å². The van der Waals surface area contributed by atoms with Gasteiger partial charge in [-0.3, -0.25) is 9.59 Å². The van der Waals surface area contributed by atoms with E-state index in [1.807, 2.05) is 64.2 Å². The summed E-state index contributed by atoms with van der Waals surface area (Å²) in [6.07, 6.45) is 3.71. The van der Waals surface area contributed by atoms with Crippen molar-refractivity contribution in [1.82, 2.24) is 4.98 Å². The van der Waals surface area contributed by atoms with E-state index in [4.69, 9.17) is 5.73 Å². The van der Waals surface area contributed by atoms with Crippen LogP contribution in [0.4, 0.5) is 5.69 Å². The van der Waals surface area contributed by atoms with Gasteiger partial charge in [0.2, 0.25) is 11.8 Å². The van der Waals surface area contributed by atoms with E-state index in [9.17, 15) is 9.59 Å². The van der Waals surface area contributed by atoms with Crippen molar-refractivity contribution in [2.24, 2.45) is 5.73 Å². The number of allylic oxidation sites excluding steroid dienone is 1. The van der Waals surface area contributed by atoms with Crippen molar-refractivity contribution < 1.29 is 9.59 Å². The number of carbonyl (C=O) groups excluding carboxylic acids is 2. The molecule has 0 unspecified atom stereocenters. The Morgan fingerprint density at radius 3 is 2.54 bits per heavy atom. The number of anilines is 1. The number of fused-ring (bicyclic) bond motifs is 1. The molecule has 0 atom stereocenters. The maximum absolute atomic E-state index is 12.2. The molecule has 2 amide bonds. The van der Waals surface area contributed by atoms with Gasteiger partial charge in [-0.25, -0.2) is 0 Å². The van der Waals surface area contributed by atoms with Crippen LogP contribution in [0.2, 0.25) is 0 Å². The number of aromatic amines is 1. The first-order chi connectivity index (χ1) is 13.3. The fraction of sp³-hybridized carbons (Fsp3) is 0.217. The minimum absolute atomic E-state index is 0.139. The van der Waals surface area contributed by atoms with Crippen molar-refractivity contribution in [3.63, 3.8) is 0 Å². The molecular weight excluding hydrogens is 350 g/mol. The van der Waals surface area contributed by atoms with Crippen LogP contribution in [-0.2, 0) is 16.0 Å².